The molecule has 0 radical (unpaired) electrons. The molecule has 1 amide bonds. The lowest BCUT2D eigenvalue weighted by atomic mass is 10.1. The molecule has 0 saturated heterocycles. The summed E-state index contributed by atoms with van der Waals surface area (Å²) in [5.74, 6) is 0.277. The summed E-state index contributed by atoms with van der Waals surface area (Å²) in [6.07, 6.45) is 2.28. The van der Waals surface area contributed by atoms with Gasteiger partial charge in [-0.1, -0.05) is 24.3 Å². The van der Waals surface area contributed by atoms with E-state index < -0.39 is 27.4 Å². The van der Waals surface area contributed by atoms with E-state index in [9.17, 15) is 23.3 Å². The molecule has 10 heteroatoms. The normalized spacial score (nSPS) is 11.0. The number of para-hydroxylation sites is 1. The summed E-state index contributed by atoms with van der Waals surface area (Å²) in [7, 11) is -2.23. The van der Waals surface area contributed by atoms with Crippen LogP contribution in [0.25, 0.3) is 0 Å². The first-order chi connectivity index (χ1) is 14.1. The Balaban J connectivity index is 2.03. The van der Waals surface area contributed by atoms with Crippen LogP contribution in [0.3, 0.4) is 0 Å². The topological polar surface area (TPSA) is 119 Å². The zero-order chi connectivity index (χ0) is 22.3. The van der Waals surface area contributed by atoms with Gasteiger partial charge in [0.15, 0.2) is 0 Å². The number of rotatable bonds is 10. The maximum Gasteiger partial charge on any atom is 0.271 e. The SMILES string of the molecule is COc1ccccc1CCCNC(=O)CN(c1cc([N+](=O)[O-])ccc1C)S(C)(=O)=O. The van der Waals surface area contributed by atoms with Crippen LogP contribution in [0.1, 0.15) is 17.5 Å². The third-order valence-corrected chi connectivity index (χ3v) is 5.62. The van der Waals surface area contributed by atoms with Crippen molar-refractivity contribution in [1.29, 1.82) is 0 Å². The number of hydrogen-bond acceptors (Lipinski definition) is 6. The Morgan fingerprint density at radius 2 is 1.93 bits per heavy atom. The molecule has 0 aromatic heterocycles. The van der Waals surface area contributed by atoms with Crippen LogP contribution in [0.4, 0.5) is 11.4 Å². The molecule has 0 heterocycles. The Morgan fingerprint density at radius 3 is 2.57 bits per heavy atom. The molecule has 0 bridgehead atoms. The van der Waals surface area contributed by atoms with Gasteiger partial charge in [0, 0.05) is 18.7 Å². The Morgan fingerprint density at radius 1 is 1.23 bits per heavy atom. The van der Waals surface area contributed by atoms with Crippen LogP contribution in [0, 0.1) is 17.0 Å². The number of nitro benzene ring substituents is 1. The molecular weight excluding hydrogens is 410 g/mol. The summed E-state index contributed by atoms with van der Waals surface area (Å²) < 4.78 is 30.7. The molecule has 0 aliphatic carbocycles. The van der Waals surface area contributed by atoms with Gasteiger partial charge in [0.25, 0.3) is 5.69 Å². The molecule has 0 atom stereocenters. The number of amides is 1. The number of nitrogens with one attached hydrogen (secondary N) is 1. The smallest absolute Gasteiger partial charge is 0.271 e. The number of carbonyl (C=O) groups excluding carboxylic acids is 1. The summed E-state index contributed by atoms with van der Waals surface area (Å²) in [6.45, 7) is 1.51. The molecule has 162 valence electrons. The number of anilines is 1. The zero-order valence-corrected chi connectivity index (χ0v) is 17.9. The van der Waals surface area contributed by atoms with Gasteiger partial charge in [-0.25, -0.2) is 8.42 Å². The Bertz CT molecular complexity index is 1020. The number of sulfonamides is 1. The molecule has 2 aromatic carbocycles. The van der Waals surface area contributed by atoms with Gasteiger partial charge in [-0.15, -0.1) is 0 Å². The van der Waals surface area contributed by atoms with Gasteiger partial charge in [-0.3, -0.25) is 19.2 Å². The molecule has 0 aliphatic rings. The van der Waals surface area contributed by atoms with Crippen LogP contribution < -0.4 is 14.4 Å². The third-order valence-electron chi connectivity index (χ3n) is 4.50. The van der Waals surface area contributed by atoms with Crippen LogP contribution in [-0.2, 0) is 21.2 Å². The molecule has 2 rings (SSSR count). The van der Waals surface area contributed by atoms with Crippen LogP contribution in [0.5, 0.6) is 5.75 Å². The quantitative estimate of drug-likeness (QED) is 0.348. The lowest BCUT2D eigenvalue weighted by Gasteiger charge is -2.23. The van der Waals surface area contributed by atoms with Crippen LogP contribution in [0.2, 0.25) is 0 Å². The predicted molar refractivity (Wildman–Crippen MR) is 114 cm³/mol. The maximum atomic E-state index is 12.4. The second-order valence-electron chi connectivity index (χ2n) is 6.76. The second-order valence-corrected chi connectivity index (χ2v) is 8.67. The van der Waals surface area contributed by atoms with Gasteiger partial charge in [0.2, 0.25) is 15.9 Å². The zero-order valence-electron chi connectivity index (χ0n) is 17.1. The largest absolute Gasteiger partial charge is 0.496 e. The maximum absolute atomic E-state index is 12.4. The number of carbonyl (C=O) groups is 1. The molecule has 0 aliphatic heterocycles. The number of methoxy groups -OCH3 is 1. The van der Waals surface area contributed by atoms with E-state index in [-0.39, 0.29) is 11.4 Å². The van der Waals surface area contributed by atoms with Crippen LogP contribution >= 0.6 is 0 Å². The van der Waals surface area contributed by atoms with Crippen molar-refractivity contribution in [3.8, 4) is 5.75 Å². The third kappa shape index (κ3) is 6.18. The van der Waals surface area contributed by atoms with Gasteiger partial charge in [-0.2, -0.15) is 0 Å². The first kappa shape index (κ1) is 23.1. The molecule has 0 saturated carbocycles. The van der Waals surface area contributed by atoms with Crippen molar-refractivity contribution < 1.29 is 22.9 Å². The minimum Gasteiger partial charge on any atom is -0.496 e. The summed E-state index contributed by atoms with van der Waals surface area (Å²) in [5, 5.41) is 13.7. The molecular formula is C20H25N3O6S. The number of nitro groups is 1. The van der Waals surface area contributed by atoms with E-state index in [1.165, 1.54) is 12.1 Å². The van der Waals surface area contributed by atoms with Crippen LogP contribution in [-0.4, -0.2) is 45.7 Å². The fourth-order valence-electron chi connectivity index (χ4n) is 2.96. The summed E-state index contributed by atoms with van der Waals surface area (Å²) in [6, 6.07) is 11.5. The molecule has 9 nitrogen and oxygen atoms in total. The van der Waals surface area contributed by atoms with Gasteiger partial charge >= 0.3 is 0 Å². The lowest BCUT2D eigenvalue weighted by Crippen LogP contribution is -2.41. The molecule has 2 aromatic rings. The number of nitrogens with zero attached hydrogens (tertiary/aromatic N) is 2. The van der Waals surface area contributed by atoms with Crippen molar-refractivity contribution in [1.82, 2.24) is 5.32 Å². The molecule has 0 unspecified atom stereocenters. The van der Waals surface area contributed by atoms with E-state index in [0.717, 1.165) is 27.9 Å². The average molecular weight is 436 g/mol. The highest BCUT2D eigenvalue weighted by atomic mass is 32.2. The molecule has 0 spiro atoms. The van der Waals surface area contributed by atoms with Crippen LogP contribution in [0.15, 0.2) is 42.5 Å². The predicted octanol–water partition coefficient (Wildman–Crippen LogP) is 2.43. The highest BCUT2D eigenvalue weighted by molar-refractivity contribution is 7.92. The monoisotopic (exact) mass is 435 g/mol. The average Bonchev–Trinajstić information content (AvgIpc) is 2.69. The second kappa shape index (κ2) is 10.1. The standard InChI is InChI=1S/C20H25N3O6S/c1-15-10-11-17(23(25)26)13-18(15)22(30(3,27)28)14-20(24)21-12-6-8-16-7-4-5-9-19(16)29-2/h4-5,7,9-11,13H,6,8,12,14H2,1-3H3,(H,21,24). The number of aryl methyl sites for hydroxylation is 2. The summed E-state index contributed by atoms with van der Waals surface area (Å²) in [4.78, 5) is 22.8. The fourth-order valence-corrected chi connectivity index (χ4v) is 3.87. The first-order valence-corrected chi connectivity index (χ1v) is 11.1. The minimum atomic E-state index is -3.83. The van der Waals surface area contributed by atoms with Crippen molar-refractivity contribution >= 4 is 27.3 Å². The molecule has 0 fully saturated rings. The van der Waals surface area contributed by atoms with Gasteiger partial charge in [0.1, 0.15) is 12.3 Å². The van der Waals surface area contributed by atoms with Crippen molar-refractivity contribution in [3.63, 3.8) is 0 Å². The number of hydrogen-bond donors (Lipinski definition) is 1. The first-order valence-electron chi connectivity index (χ1n) is 9.25. The summed E-state index contributed by atoms with van der Waals surface area (Å²) in [5.41, 5.74) is 1.38. The van der Waals surface area contributed by atoms with E-state index in [4.69, 9.17) is 4.74 Å². The number of ether oxygens (including phenoxy) is 1. The van der Waals surface area contributed by atoms with E-state index >= 15 is 0 Å². The Labute approximate surface area is 175 Å². The van der Waals surface area contributed by atoms with Gasteiger partial charge in [0.05, 0.1) is 24.0 Å². The van der Waals surface area contributed by atoms with Gasteiger partial charge in [-0.05, 0) is 37.0 Å². The Hall–Kier alpha value is -3.14. The van der Waals surface area contributed by atoms with E-state index in [2.05, 4.69) is 5.32 Å². The molecule has 30 heavy (non-hydrogen) atoms. The van der Waals surface area contributed by atoms with E-state index in [0.29, 0.717) is 24.9 Å². The highest BCUT2D eigenvalue weighted by Crippen LogP contribution is 2.27. The lowest BCUT2D eigenvalue weighted by molar-refractivity contribution is -0.384. The van der Waals surface area contributed by atoms with E-state index in [1.807, 2.05) is 24.3 Å². The Kier molecular flexibility index (Phi) is 7.76. The van der Waals surface area contributed by atoms with Crippen molar-refractivity contribution in [2.75, 3.05) is 30.8 Å². The van der Waals surface area contributed by atoms with E-state index in [1.54, 1.807) is 14.0 Å². The summed E-state index contributed by atoms with van der Waals surface area (Å²) >= 11 is 0. The highest BCUT2D eigenvalue weighted by Gasteiger charge is 2.24. The van der Waals surface area contributed by atoms with Crippen molar-refractivity contribution in [3.05, 3.63) is 63.7 Å². The minimum absolute atomic E-state index is 0.107. The van der Waals surface area contributed by atoms with Crippen molar-refractivity contribution in [2.24, 2.45) is 0 Å². The number of benzene rings is 2. The van der Waals surface area contributed by atoms with Gasteiger partial charge < -0.3 is 10.1 Å². The fraction of sp³-hybridized carbons (Fsp3) is 0.350. The van der Waals surface area contributed by atoms with Crippen molar-refractivity contribution in [2.45, 2.75) is 19.8 Å². The number of non-ortho nitro benzene ring substituents is 1. The molecule has 1 N–H and O–H groups in total.